The molecule has 0 radical (unpaired) electrons. The lowest BCUT2D eigenvalue weighted by atomic mass is 9.76. The minimum Gasteiger partial charge on any atom is -0.351 e. The van der Waals surface area contributed by atoms with E-state index >= 15 is 0 Å². The molecule has 0 aromatic carbocycles. The maximum absolute atomic E-state index is 12.0. The Morgan fingerprint density at radius 2 is 1.75 bits per heavy atom. The topological polar surface area (TPSA) is 29.1 Å². The van der Waals surface area contributed by atoms with Crippen LogP contribution in [0, 0.1) is 17.8 Å². The molecule has 0 bridgehead atoms. The maximum atomic E-state index is 12.0. The van der Waals surface area contributed by atoms with Crippen molar-refractivity contribution in [2.75, 3.05) is 0 Å². The predicted molar refractivity (Wildman–Crippen MR) is 66.1 cm³/mol. The van der Waals surface area contributed by atoms with Gasteiger partial charge in [0.15, 0.2) is 0 Å². The van der Waals surface area contributed by atoms with Crippen LogP contribution in [0.2, 0.25) is 0 Å². The fourth-order valence-corrected chi connectivity index (χ4v) is 2.76. The highest BCUT2D eigenvalue weighted by Gasteiger charge is 2.40. The van der Waals surface area contributed by atoms with Gasteiger partial charge in [-0.25, -0.2) is 0 Å². The van der Waals surface area contributed by atoms with E-state index in [2.05, 4.69) is 26.1 Å². The van der Waals surface area contributed by atoms with E-state index in [-0.39, 0.29) is 5.54 Å². The highest BCUT2D eigenvalue weighted by molar-refractivity contribution is 5.79. The lowest BCUT2D eigenvalue weighted by molar-refractivity contribution is -0.127. The minimum atomic E-state index is 0.159. The van der Waals surface area contributed by atoms with Crippen LogP contribution in [0.4, 0.5) is 0 Å². The lowest BCUT2D eigenvalue weighted by Crippen LogP contribution is -2.40. The quantitative estimate of drug-likeness (QED) is 0.782. The van der Waals surface area contributed by atoms with E-state index in [0.717, 1.165) is 24.7 Å². The first-order valence-electron chi connectivity index (χ1n) is 6.82. The molecule has 0 aliphatic heterocycles. The van der Waals surface area contributed by atoms with Crippen LogP contribution in [0.25, 0.3) is 0 Å². The zero-order valence-electron chi connectivity index (χ0n) is 10.9. The van der Waals surface area contributed by atoms with Gasteiger partial charge in [0, 0.05) is 11.5 Å². The molecule has 92 valence electrons. The summed E-state index contributed by atoms with van der Waals surface area (Å²) in [5, 5.41) is 3.21. The number of carbonyl (C=O) groups is 1. The molecule has 0 atom stereocenters. The summed E-state index contributed by atoms with van der Waals surface area (Å²) in [6, 6.07) is 0. The van der Waals surface area contributed by atoms with Crippen molar-refractivity contribution in [3.8, 4) is 0 Å². The molecule has 2 nitrogen and oxygen atoms in total. The van der Waals surface area contributed by atoms with Crippen molar-refractivity contribution in [3.63, 3.8) is 0 Å². The first kappa shape index (κ1) is 11.9. The summed E-state index contributed by atoms with van der Waals surface area (Å²) in [4.78, 5) is 12.0. The van der Waals surface area contributed by atoms with Gasteiger partial charge in [0.05, 0.1) is 0 Å². The van der Waals surface area contributed by atoms with Gasteiger partial charge >= 0.3 is 0 Å². The molecule has 2 aliphatic carbocycles. The third kappa shape index (κ3) is 2.78. The Hall–Kier alpha value is -0.530. The van der Waals surface area contributed by atoms with Gasteiger partial charge in [0.25, 0.3) is 0 Å². The largest absolute Gasteiger partial charge is 0.351 e. The Bertz CT molecular complexity index is 260. The summed E-state index contributed by atoms with van der Waals surface area (Å²) in [6.07, 6.45) is 7.02. The van der Waals surface area contributed by atoms with Crippen molar-refractivity contribution in [2.45, 2.75) is 64.8 Å². The number of hydrogen-bond donors (Lipinski definition) is 1. The zero-order chi connectivity index (χ0) is 11.8. The first-order valence-corrected chi connectivity index (χ1v) is 6.82. The SMILES string of the molecule is CC(C)C1CCC(C(=O)NC2(C)CC2)CC1. The summed E-state index contributed by atoms with van der Waals surface area (Å²) >= 11 is 0. The Balaban J connectivity index is 1.77. The van der Waals surface area contributed by atoms with Crippen LogP contribution in [0.1, 0.15) is 59.3 Å². The van der Waals surface area contributed by atoms with E-state index in [1.165, 1.54) is 25.7 Å². The fourth-order valence-electron chi connectivity index (χ4n) is 2.76. The van der Waals surface area contributed by atoms with Crippen LogP contribution in [0.15, 0.2) is 0 Å². The summed E-state index contributed by atoms with van der Waals surface area (Å²) in [5.41, 5.74) is 0.159. The van der Waals surface area contributed by atoms with E-state index in [9.17, 15) is 4.79 Å². The normalized spacial score (nSPS) is 32.5. The van der Waals surface area contributed by atoms with Crippen molar-refractivity contribution >= 4 is 5.91 Å². The second-order valence-corrected chi connectivity index (χ2v) is 6.41. The summed E-state index contributed by atoms with van der Waals surface area (Å²) in [7, 11) is 0. The average Bonchev–Trinajstić information content (AvgIpc) is 2.96. The molecule has 2 heteroatoms. The van der Waals surface area contributed by atoms with Crippen molar-refractivity contribution in [2.24, 2.45) is 17.8 Å². The highest BCUT2D eigenvalue weighted by atomic mass is 16.2. The Morgan fingerprint density at radius 3 is 2.19 bits per heavy atom. The molecule has 0 heterocycles. The van der Waals surface area contributed by atoms with Gasteiger partial charge in [0.2, 0.25) is 5.91 Å². The second kappa shape index (κ2) is 4.38. The standard InChI is InChI=1S/C14H25NO/c1-10(2)11-4-6-12(7-5-11)13(16)15-14(3)8-9-14/h10-12H,4-9H2,1-3H3,(H,15,16). The minimum absolute atomic E-state index is 0.159. The van der Waals surface area contributed by atoms with E-state index in [0.29, 0.717) is 11.8 Å². The number of hydrogen-bond acceptors (Lipinski definition) is 1. The Kier molecular flexibility index (Phi) is 3.27. The molecule has 2 rings (SSSR count). The smallest absolute Gasteiger partial charge is 0.223 e. The van der Waals surface area contributed by atoms with Crippen LogP contribution in [0.5, 0.6) is 0 Å². The Morgan fingerprint density at radius 1 is 1.19 bits per heavy atom. The molecular weight excluding hydrogens is 198 g/mol. The van der Waals surface area contributed by atoms with Gasteiger partial charge in [-0.3, -0.25) is 4.79 Å². The van der Waals surface area contributed by atoms with Gasteiger partial charge < -0.3 is 5.32 Å². The monoisotopic (exact) mass is 223 g/mol. The number of nitrogens with one attached hydrogen (secondary N) is 1. The molecule has 0 unspecified atom stereocenters. The summed E-state index contributed by atoms with van der Waals surface area (Å²) < 4.78 is 0. The molecule has 2 fully saturated rings. The molecule has 2 saturated carbocycles. The third-order valence-corrected chi connectivity index (χ3v) is 4.51. The van der Waals surface area contributed by atoms with Gasteiger partial charge in [-0.2, -0.15) is 0 Å². The molecule has 0 aromatic rings. The average molecular weight is 223 g/mol. The van der Waals surface area contributed by atoms with E-state index in [1.54, 1.807) is 0 Å². The molecular formula is C14H25NO. The van der Waals surface area contributed by atoms with Crippen molar-refractivity contribution < 1.29 is 4.79 Å². The molecule has 1 amide bonds. The van der Waals surface area contributed by atoms with Gasteiger partial charge in [-0.1, -0.05) is 13.8 Å². The predicted octanol–water partition coefficient (Wildman–Crippen LogP) is 3.12. The Labute approximate surface area is 99.2 Å². The fraction of sp³-hybridized carbons (Fsp3) is 0.929. The first-order chi connectivity index (χ1) is 7.50. The molecule has 1 N–H and O–H groups in total. The molecule has 0 saturated heterocycles. The molecule has 0 aromatic heterocycles. The summed E-state index contributed by atoms with van der Waals surface area (Å²) in [5.74, 6) is 2.25. The second-order valence-electron chi connectivity index (χ2n) is 6.41. The van der Waals surface area contributed by atoms with Crippen LogP contribution < -0.4 is 5.32 Å². The molecule has 0 spiro atoms. The van der Waals surface area contributed by atoms with Gasteiger partial charge in [-0.05, 0) is 57.3 Å². The summed E-state index contributed by atoms with van der Waals surface area (Å²) in [6.45, 7) is 6.76. The van der Waals surface area contributed by atoms with Crippen molar-refractivity contribution in [1.29, 1.82) is 0 Å². The van der Waals surface area contributed by atoms with Crippen LogP contribution in [0.3, 0.4) is 0 Å². The number of carbonyl (C=O) groups excluding carboxylic acids is 1. The lowest BCUT2D eigenvalue weighted by Gasteiger charge is -2.30. The third-order valence-electron chi connectivity index (χ3n) is 4.51. The molecule has 2 aliphatic rings. The van der Waals surface area contributed by atoms with E-state index in [4.69, 9.17) is 0 Å². The maximum Gasteiger partial charge on any atom is 0.223 e. The number of amides is 1. The van der Waals surface area contributed by atoms with Crippen LogP contribution in [-0.4, -0.2) is 11.4 Å². The molecule has 16 heavy (non-hydrogen) atoms. The van der Waals surface area contributed by atoms with Gasteiger partial charge in [0.1, 0.15) is 0 Å². The van der Waals surface area contributed by atoms with E-state index < -0.39 is 0 Å². The van der Waals surface area contributed by atoms with Crippen molar-refractivity contribution in [1.82, 2.24) is 5.32 Å². The number of rotatable bonds is 3. The van der Waals surface area contributed by atoms with Gasteiger partial charge in [-0.15, -0.1) is 0 Å². The van der Waals surface area contributed by atoms with E-state index in [1.807, 2.05) is 0 Å². The van der Waals surface area contributed by atoms with Crippen molar-refractivity contribution in [3.05, 3.63) is 0 Å². The highest BCUT2D eigenvalue weighted by Crippen LogP contribution is 2.37. The zero-order valence-corrected chi connectivity index (χ0v) is 10.9. The van der Waals surface area contributed by atoms with Crippen LogP contribution in [-0.2, 0) is 4.79 Å². The van der Waals surface area contributed by atoms with Crippen LogP contribution >= 0.6 is 0 Å².